The highest BCUT2D eigenvalue weighted by Gasteiger charge is 2.14. The number of rotatable bonds is 4. The third kappa shape index (κ3) is 2.39. The monoisotopic (exact) mass is 240 g/mol. The minimum Gasteiger partial charge on any atom is -0.493 e. The van der Waals surface area contributed by atoms with Crippen LogP contribution in [0.4, 0.5) is 0 Å². The summed E-state index contributed by atoms with van der Waals surface area (Å²) in [5, 5.41) is 0.423. The van der Waals surface area contributed by atoms with Gasteiger partial charge in [0.1, 0.15) is 6.04 Å². The lowest BCUT2D eigenvalue weighted by molar-refractivity contribution is 0.354. The molecule has 0 fully saturated rings. The highest BCUT2D eigenvalue weighted by molar-refractivity contribution is 6.32. The van der Waals surface area contributed by atoms with Crippen LogP contribution < -0.4 is 20.7 Å². The Morgan fingerprint density at radius 3 is 2.56 bits per heavy atom. The van der Waals surface area contributed by atoms with Crippen LogP contribution in [0.15, 0.2) is 12.1 Å². The number of hydrogen-bond acceptors (Lipinski definition) is 4. The standard InChI is InChI=1S/C11H13ClN2O2/c1-4-9(14-13)7-5-8(12)11(16-3)10(6-7)15-2/h1,5-6,9,14H,13H2,2-3H3. The van der Waals surface area contributed by atoms with E-state index in [1.165, 1.54) is 14.2 Å². The number of nitrogens with one attached hydrogen (secondary N) is 1. The Hall–Kier alpha value is -1.41. The van der Waals surface area contributed by atoms with Crippen molar-refractivity contribution in [1.82, 2.24) is 5.43 Å². The molecule has 1 rings (SSSR count). The zero-order valence-electron chi connectivity index (χ0n) is 9.08. The van der Waals surface area contributed by atoms with Crippen molar-refractivity contribution in [1.29, 1.82) is 0 Å². The zero-order valence-corrected chi connectivity index (χ0v) is 9.84. The molecule has 1 unspecified atom stereocenters. The van der Waals surface area contributed by atoms with Crippen LogP contribution in [0.2, 0.25) is 5.02 Å². The van der Waals surface area contributed by atoms with Gasteiger partial charge in [0.05, 0.1) is 19.2 Å². The summed E-state index contributed by atoms with van der Waals surface area (Å²) in [6.07, 6.45) is 5.32. The van der Waals surface area contributed by atoms with E-state index in [0.717, 1.165) is 5.56 Å². The number of terminal acetylenes is 1. The lowest BCUT2D eigenvalue weighted by Crippen LogP contribution is -2.26. The minimum atomic E-state index is -0.419. The highest BCUT2D eigenvalue weighted by Crippen LogP contribution is 2.37. The average Bonchev–Trinajstić information content (AvgIpc) is 2.29. The molecule has 5 heteroatoms. The maximum absolute atomic E-state index is 6.03. The normalized spacial score (nSPS) is 11.7. The van der Waals surface area contributed by atoms with E-state index in [-0.39, 0.29) is 0 Å². The molecular weight excluding hydrogens is 228 g/mol. The summed E-state index contributed by atoms with van der Waals surface area (Å²) in [7, 11) is 3.04. The Morgan fingerprint density at radius 1 is 1.44 bits per heavy atom. The second-order valence-electron chi connectivity index (χ2n) is 3.00. The fraction of sp³-hybridized carbons (Fsp3) is 0.273. The number of ether oxygens (including phenoxy) is 2. The predicted molar refractivity (Wildman–Crippen MR) is 63.5 cm³/mol. The molecule has 0 amide bonds. The first-order valence-corrected chi connectivity index (χ1v) is 4.89. The van der Waals surface area contributed by atoms with Gasteiger partial charge in [-0.2, -0.15) is 0 Å². The van der Waals surface area contributed by atoms with E-state index in [1.54, 1.807) is 12.1 Å². The van der Waals surface area contributed by atoms with Crippen LogP contribution in [-0.4, -0.2) is 14.2 Å². The third-order valence-corrected chi connectivity index (χ3v) is 2.40. The van der Waals surface area contributed by atoms with Crippen molar-refractivity contribution in [2.45, 2.75) is 6.04 Å². The summed E-state index contributed by atoms with van der Waals surface area (Å²) in [6, 6.07) is 3.00. The van der Waals surface area contributed by atoms with E-state index < -0.39 is 6.04 Å². The molecule has 0 heterocycles. The smallest absolute Gasteiger partial charge is 0.179 e. The van der Waals surface area contributed by atoms with Crippen LogP contribution >= 0.6 is 11.6 Å². The second-order valence-corrected chi connectivity index (χ2v) is 3.41. The van der Waals surface area contributed by atoms with Crippen LogP contribution in [0.1, 0.15) is 11.6 Å². The Morgan fingerprint density at radius 2 is 2.12 bits per heavy atom. The summed E-state index contributed by atoms with van der Waals surface area (Å²) >= 11 is 6.03. The van der Waals surface area contributed by atoms with Crippen molar-refractivity contribution in [3.63, 3.8) is 0 Å². The topological polar surface area (TPSA) is 56.5 Å². The van der Waals surface area contributed by atoms with Gasteiger partial charge < -0.3 is 9.47 Å². The summed E-state index contributed by atoms with van der Waals surface area (Å²) < 4.78 is 10.3. The SMILES string of the molecule is C#CC(NN)c1cc(Cl)c(OC)c(OC)c1. The maximum atomic E-state index is 6.03. The van der Waals surface area contributed by atoms with E-state index in [0.29, 0.717) is 16.5 Å². The van der Waals surface area contributed by atoms with Crippen LogP contribution in [-0.2, 0) is 0 Å². The first-order valence-electron chi connectivity index (χ1n) is 4.51. The van der Waals surface area contributed by atoms with Gasteiger partial charge in [0, 0.05) is 0 Å². The number of hydrogen-bond donors (Lipinski definition) is 2. The first-order chi connectivity index (χ1) is 7.67. The van der Waals surface area contributed by atoms with Crippen molar-refractivity contribution in [2.75, 3.05) is 14.2 Å². The van der Waals surface area contributed by atoms with Crippen molar-refractivity contribution >= 4 is 11.6 Å². The van der Waals surface area contributed by atoms with Crippen molar-refractivity contribution < 1.29 is 9.47 Å². The van der Waals surface area contributed by atoms with Gasteiger partial charge in [-0.25, -0.2) is 5.43 Å². The highest BCUT2D eigenvalue weighted by atomic mass is 35.5. The number of benzene rings is 1. The lowest BCUT2D eigenvalue weighted by atomic mass is 10.1. The Kier molecular flexibility index (Phi) is 4.44. The lowest BCUT2D eigenvalue weighted by Gasteiger charge is -2.14. The summed E-state index contributed by atoms with van der Waals surface area (Å²) in [4.78, 5) is 0. The molecule has 4 nitrogen and oxygen atoms in total. The molecule has 0 aromatic heterocycles. The second kappa shape index (κ2) is 5.61. The molecule has 0 radical (unpaired) electrons. The first kappa shape index (κ1) is 12.7. The largest absolute Gasteiger partial charge is 0.493 e. The third-order valence-electron chi connectivity index (χ3n) is 2.12. The van der Waals surface area contributed by atoms with Gasteiger partial charge >= 0.3 is 0 Å². The molecule has 1 atom stereocenters. The molecule has 1 aromatic rings. The van der Waals surface area contributed by atoms with Gasteiger partial charge in [0.15, 0.2) is 11.5 Å². The predicted octanol–water partition coefficient (Wildman–Crippen LogP) is 1.49. The number of methoxy groups -OCH3 is 2. The van der Waals surface area contributed by atoms with Gasteiger partial charge in [-0.1, -0.05) is 17.5 Å². The number of nitrogens with two attached hydrogens (primary N) is 1. The molecule has 0 bridgehead atoms. The molecule has 86 valence electrons. The number of hydrazine groups is 1. The molecule has 0 saturated heterocycles. The Bertz CT molecular complexity index is 415. The Labute approximate surface area is 99.6 Å². The van der Waals surface area contributed by atoms with E-state index >= 15 is 0 Å². The maximum Gasteiger partial charge on any atom is 0.179 e. The molecule has 1 aromatic carbocycles. The molecule has 0 aliphatic carbocycles. The van der Waals surface area contributed by atoms with Crippen LogP contribution in [0.3, 0.4) is 0 Å². The van der Waals surface area contributed by atoms with Gasteiger partial charge in [0.2, 0.25) is 0 Å². The van der Waals surface area contributed by atoms with Crippen LogP contribution in [0.5, 0.6) is 11.5 Å². The van der Waals surface area contributed by atoms with Gasteiger partial charge in [0.25, 0.3) is 0 Å². The van der Waals surface area contributed by atoms with Crippen LogP contribution in [0.25, 0.3) is 0 Å². The van der Waals surface area contributed by atoms with E-state index in [2.05, 4.69) is 11.3 Å². The van der Waals surface area contributed by atoms with Crippen molar-refractivity contribution in [2.24, 2.45) is 5.84 Å². The van der Waals surface area contributed by atoms with Crippen molar-refractivity contribution in [3.8, 4) is 23.8 Å². The van der Waals surface area contributed by atoms with Gasteiger partial charge in [-0.05, 0) is 17.7 Å². The number of halogens is 1. The van der Waals surface area contributed by atoms with Gasteiger partial charge in [-0.3, -0.25) is 5.84 Å². The minimum absolute atomic E-state index is 0.419. The van der Waals surface area contributed by atoms with E-state index in [1.807, 2.05) is 0 Å². The average molecular weight is 241 g/mol. The molecule has 0 spiro atoms. The zero-order chi connectivity index (χ0) is 12.1. The quantitative estimate of drug-likeness (QED) is 0.476. The Balaban J connectivity index is 3.25. The van der Waals surface area contributed by atoms with Crippen molar-refractivity contribution in [3.05, 3.63) is 22.7 Å². The van der Waals surface area contributed by atoms with Gasteiger partial charge in [-0.15, -0.1) is 6.42 Å². The summed E-state index contributed by atoms with van der Waals surface area (Å²) in [5.41, 5.74) is 3.24. The van der Waals surface area contributed by atoms with Crippen LogP contribution in [0, 0.1) is 12.3 Å². The fourth-order valence-corrected chi connectivity index (χ4v) is 1.64. The van der Waals surface area contributed by atoms with E-state index in [4.69, 9.17) is 33.3 Å². The molecule has 16 heavy (non-hydrogen) atoms. The summed E-state index contributed by atoms with van der Waals surface area (Å²) in [5.74, 6) is 8.80. The molecule has 0 aliphatic rings. The molecule has 3 N–H and O–H groups in total. The van der Waals surface area contributed by atoms with E-state index in [9.17, 15) is 0 Å². The fourth-order valence-electron chi connectivity index (χ4n) is 1.35. The summed E-state index contributed by atoms with van der Waals surface area (Å²) in [6.45, 7) is 0. The molecule has 0 aliphatic heterocycles. The molecular formula is C11H13ClN2O2. The molecule has 0 saturated carbocycles.